The van der Waals surface area contributed by atoms with E-state index in [0.29, 0.717) is 35.5 Å². The minimum atomic E-state index is -4.61. The topological polar surface area (TPSA) is 112 Å². The van der Waals surface area contributed by atoms with Crippen LogP contribution in [0.5, 0.6) is 5.75 Å². The van der Waals surface area contributed by atoms with Crippen LogP contribution in [0, 0.1) is 0 Å². The van der Waals surface area contributed by atoms with Crippen molar-refractivity contribution in [3.63, 3.8) is 0 Å². The van der Waals surface area contributed by atoms with Gasteiger partial charge in [0.05, 0.1) is 29.7 Å². The van der Waals surface area contributed by atoms with Crippen LogP contribution >= 0.6 is 0 Å². The fraction of sp³-hybridized carbons (Fsp3) is 0.259. The lowest BCUT2D eigenvalue weighted by molar-refractivity contribution is -0.138. The maximum absolute atomic E-state index is 13.4. The number of carbonyl (C=O) groups excluding carboxylic acids is 2. The zero-order valence-corrected chi connectivity index (χ0v) is 22.5. The minimum Gasteiger partial charge on any atom is -0.496 e. The van der Waals surface area contributed by atoms with Crippen molar-refractivity contribution in [2.45, 2.75) is 6.18 Å². The van der Waals surface area contributed by atoms with Crippen LogP contribution in [0.15, 0.2) is 55.4 Å². The van der Waals surface area contributed by atoms with E-state index in [1.807, 2.05) is 30.9 Å². The molecule has 0 unspecified atom stereocenters. The summed E-state index contributed by atoms with van der Waals surface area (Å²) in [5.74, 6) is -0.290. The number of anilines is 6. The SMILES string of the molecule is C=CC(=O)Nc1cc(Nc2cc(Nc3ccc(OC)c(C(F)(F)F)c3)ncn2)c(C=O)cc1N(C)CCN(C)C. The van der Waals surface area contributed by atoms with Crippen molar-refractivity contribution in [2.75, 3.05) is 62.2 Å². The number of nitrogens with zero attached hydrogens (tertiary/aromatic N) is 4. The Hall–Kier alpha value is -4.65. The summed E-state index contributed by atoms with van der Waals surface area (Å²) >= 11 is 0. The van der Waals surface area contributed by atoms with Crippen LogP contribution in [0.4, 0.5) is 47.6 Å². The molecule has 3 N–H and O–H groups in total. The highest BCUT2D eigenvalue weighted by atomic mass is 19.4. The standard InChI is InChI=1S/C27H30F3N7O3/c1-6-26(39)35-21-13-20(17(15-38)11-22(21)37(4)10-9-36(2)3)34-25-14-24(31-16-32-25)33-18-7-8-23(40-5)19(12-18)27(28,29)30/h6-8,11-16H,1,9-10H2,2-5H3,(H,35,39)(H2,31,32,33,34). The largest absolute Gasteiger partial charge is 0.496 e. The van der Waals surface area contributed by atoms with E-state index in [1.54, 1.807) is 12.1 Å². The number of rotatable bonds is 12. The maximum Gasteiger partial charge on any atom is 0.420 e. The van der Waals surface area contributed by atoms with E-state index >= 15 is 0 Å². The first-order valence-electron chi connectivity index (χ1n) is 12.0. The Kier molecular flexibility index (Phi) is 9.67. The molecule has 1 aromatic heterocycles. The third kappa shape index (κ3) is 7.69. The van der Waals surface area contributed by atoms with Crippen LogP contribution in [0.2, 0.25) is 0 Å². The Morgan fingerprint density at radius 3 is 2.33 bits per heavy atom. The molecule has 0 aliphatic rings. The Balaban J connectivity index is 1.93. The first kappa shape index (κ1) is 29.9. The zero-order chi connectivity index (χ0) is 29.4. The smallest absolute Gasteiger partial charge is 0.420 e. The van der Waals surface area contributed by atoms with Gasteiger partial charge in [0, 0.05) is 37.5 Å². The van der Waals surface area contributed by atoms with Gasteiger partial charge in [-0.2, -0.15) is 13.2 Å². The summed E-state index contributed by atoms with van der Waals surface area (Å²) in [5, 5.41) is 8.61. The van der Waals surface area contributed by atoms with E-state index in [2.05, 4.69) is 32.5 Å². The Bertz CT molecular complexity index is 1380. The number of alkyl halides is 3. The van der Waals surface area contributed by atoms with Gasteiger partial charge in [0.25, 0.3) is 0 Å². The molecule has 0 spiro atoms. The number of amides is 1. The third-order valence-electron chi connectivity index (χ3n) is 5.74. The molecule has 0 saturated heterocycles. The number of aldehydes is 1. The second-order valence-electron chi connectivity index (χ2n) is 8.94. The van der Waals surface area contributed by atoms with Crippen LogP contribution in [-0.4, -0.2) is 68.4 Å². The second-order valence-corrected chi connectivity index (χ2v) is 8.94. The van der Waals surface area contributed by atoms with Crippen LogP contribution in [-0.2, 0) is 11.0 Å². The molecule has 212 valence electrons. The molecule has 0 aliphatic heterocycles. The number of aromatic nitrogens is 2. The lowest BCUT2D eigenvalue weighted by Crippen LogP contribution is -2.29. The summed E-state index contributed by atoms with van der Waals surface area (Å²) in [4.78, 5) is 36.3. The van der Waals surface area contributed by atoms with Gasteiger partial charge < -0.3 is 30.5 Å². The van der Waals surface area contributed by atoms with E-state index in [0.717, 1.165) is 25.8 Å². The molecule has 1 amide bonds. The van der Waals surface area contributed by atoms with Gasteiger partial charge in [0.15, 0.2) is 6.29 Å². The van der Waals surface area contributed by atoms with Crippen molar-refractivity contribution in [2.24, 2.45) is 0 Å². The summed E-state index contributed by atoms with van der Waals surface area (Å²) < 4.78 is 45.1. The van der Waals surface area contributed by atoms with Gasteiger partial charge in [-0.1, -0.05) is 6.58 Å². The molecule has 3 aromatic rings. The minimum absolute atomic E-state index is 0.130. The number of hydrogen-bond donors (Lipinski definition) is 3. The number of hydrogen-bond acceptors (Lipinski definition) is 9. The van der Waals surface area contributed by atoms with Gasteiger partial charge in [0.2, 0.25) is 5.91 Å². The van der Waals surface area contributed by atoms with Gasteiger partial charge >= 0.3 is 6.18 Å². The maximum atomic E-state index is 13.4. The highest BCUT2D eigenvalue weighted by Gasteiger charge is 2.34. The van der Waals surface area contributed by atoms with E-state index < -0.39 is 17.6 Å². The van der Waals surface area contributed by atoms with E-state index in [-0.39, 0.29) is 23.1 Å². The van der Waals surface area contributed by atoms with Crippen LogP contribution in [0.3, 0.4) is 0 Å². The highest BCUT2D eigenvalue weighted by Crippen LogP contribution is 2.38. The van der Waals surface area contributed by atoms with Crippen molar-refractivity contribution in [3.8, 4) is 5.75 Å². The first-order chi connectivity index (χ1) is 18.9. The Morgan fingerprint density at radius 2 is 1.73 bits per heavy atom. The van der Waals surface area contributed by atoms with Gasteiger partial charge in [-0.25, -0.2) is 9.97 Å². The predicted molar refractivity (Wildman–Crippen MR) is 149 cm³/mol. The van der Waals surface area contributed by atoms with Gasteiger partial charge in [-0.15, -0.1) is 0 Å². The van der Waals surface area contributed by atoms with Crippen molar-refractivity contribution in [1.29, 1.82) is 0 Å². The highest BCUT2D eigenvalue weighted by molar-refractivity contribution is 6.03. The number of halogens is 3. The van der Waals surface area contributed by atoms with Crippen molar-refractivity contribution >= 4 is 46.6 Å². The number of benzene rings is 2. The molecule has 0 fully saturated rings. The van der Waals surface area contributed by atoms with Crippen molar-refractivity contribution in [1.82, 2.24) is 14.9 Å². The molecule has 2 aromatic carbocycles. The molecular formula is C27H30F3N7O3. The quantitative estimate of drug-likeness (QED) is 0.211. The molecule has 0 bridgehead atoms. The van der Waals surface area contributed by atoms with E-state index in [9.17, 15) is 22.8 Å². The summed E-state index contributed by atoms with van der Waals surface area (Å²) in [7, 11) is 6.88. The molecule has 0 radical (unpaired) electrons. The Morgan fingerprint density at radius 1 is 1.02 bits per heavy atom. The van der Waals surface area contributed by atoms with E-state index in [4.69, 9.17) is 4.74 Å². The predicted octanol–water partition coefficient (Wildman–Crippen LogP) is 4.93. The summed E-state index contributed by atoms with van der Waals surface area (Å²) in [6, 6.07) is 8.25. The number of likely N-dealkylation sites (N-methyl/N-ethyl adjacent to an activating group) is 2. The summed E-state index contributed by atoms with van der Waals surface area (Å²) in [6.45, 7) is 4.85. The van der Waals surface area contributed by atoms with Crippen molar-refractivity contribution < 1.29 is 27.5 Å². The fourth-order valence-corrected chi connectivity index (χ4v) is 3.67. The molecular weight excluding hydrogens is 527 g/mol. The van der Waals surface area contributed by atoms with Gasteiger partial charge in [-0.05, 0) is 50.5 Å². The third-order valence-corrected chi connectivity index (χ3v) is 5.74. The molecule has 0 aliphatic carbocycles. The van der Waals surface area contributed by atoms with Crippen LogP contribution in [0.25, 0.3) is 0 Å². The zero-order valence-electron chi connectivity index (χ0n) is 22.5. The van der Waals surface area contributed by atoms with Gasteiger partial charge in [0.1, 0.15) is 23.7 Å². The van der Waals surface area contributed by atoms with Crippen LogP contribution < -0.4 is 25.6 Å². The average Bonchev–Trinajstić information content (AvgIpc) is 2.91. The van der Waals surface area contributed by atoms with Crippen molar-refractivity contribution in [3.05, 3.63) is 66.5 Å². The summed E-state index contributed by atoms with van der Waals surface area (Å²) in [5.41, 5.74) is 0.881. The fourth-order valence-electron chi connectivity index (χ4n) is 3.67. The molecule has 10 nitrogen and oxygen atoms in total. The lowest BCUT2D eigenvalue weighted by atomic mass is 10.1. The van der Waals surface area contributed by atoms with Crippen LogP contribution in [0.1, 0.15) is 15.9 Å². The monoisotopic (exact) mass is 557 g/mol. The molecule has 0 atom stereocenters. The molecule has 1 heterocycles. The molecule has 40 heavy (non-hydrogen) atoms. The number of carbonyl (C=O) groups is 2. The van der Waals surface area contributed by atoms with Gasteiger partial charge in [-0.3, -0.25) is 9.59 Å². The molecule has 0 saturated carbocycles. The number of ether oxygens (including phenoxy) is 1. The number of nitrogens with one attached hydrogen (secondary N) is 3. The summed E-state index contributed by atoms with van der Waals surface area (Å²) in [6.07, 6.45) is -1.60. The number of methoxy groups -OCH3 is 1. The van der Waals surface area contributed by atoms with E-state index in [1.165, 1.54) is 24.5 Å². The second kappa shape index (κ2) is 12.9. The molecule has 13 heteroatoms. The lowest BCUT2D eigenvalue weighted by Gasteiger charge is -2.25. The Labute approximate surface area is 229 Å². The first-order valence-corrected chi connectivity index (χ1v) is 12.0. The normalized spacial score (nSPS) is 11.1. The average molecular weight is 558 g/mol. The molecule has 3 rings (SSSR count).